The molecule has 0 aliphatic carbocycles. The molecule has 2 atom stereocenters. The monoisotopic (exact) mass is 400 g/mol. The summed E-state index contributed by atoms with van der Waals surface area (Å²) in [5.74, 6) is -0.185. The highest BCUT2D eigenvalue weighted by Crippen LogP contribution is 2.20. The molecule has 0 radical (unpaired) electrons. The van der Waals surface area contributed by atoms with Gasteiger partial charge in [-0.2, -0.15) is 13.9 Å². The molecule has 2 aromatic rings. The Labute approximate surface area is 162 Å². The molecular formula is C18H23ClF2N4O2. The Morgan fingerprint density at radius 3 is 2.70 bits per heavy atom. The van der Waals surface area contributed by atoms with Crippen LogP contribution in [0.3, 0.4) is 0 Å². The number of alkyl halides is 2. The molecule has 1 aromatic heterocycles. The molecule has 1 aromatic carbocycles. The third-order valence-electron chi connectivity index (χ3n) is 4.44. The molecule has 1 aliphatic rings. The molecule has 0 bridgehead atoms. The quantitative estimate of drug-likeness (QED) is 0.780. The van der Waals surface area contributed by atoms with E-state index in [2.05, 4.69) is 20.5 Å². The lowest BCUT2D eigenvalue weighted by Gasteiger charge is -2.22. The van der Waals surface area contributed by atoms with Gasteiger partial charge in [0.15, 0.2) is 0 Å². The molecule has 1 aliphatic heterocycles. The highest BCUT2D eigenvalue weighted by molar-refractivity contribution is 5.92. The number of aromatic nitrogens is 2. The van der Waals surface area contributed by atoms with E-state index in [0.717, 1.165) is 31.5 Å². The summed E-state index contributed by atoms with van der Waals surface area (Å²) in [6.07, 6.45) is 3.96. The molecule has 148 valence electrons. The Kier molecular flexibility index (Phi) is 7.55. The third kappa shape index (κ3) is 5.64. The summed E-state index contributed by atoms with van der Waals surface area (Å²) >= 11 is 0. The molecule has 2 N–H and O–H groups in total. The number of piperidine rings is 1. The number of hydrogen-bond donors (Lipinski definition) is 2. The number of ether oxygens (including phenoxy) is 1. The Balaban J connectivity index is 0.00000261. The van der Waals surface area contributed by atoms with Crippen molar-refractivity contribution in [2.75, 3.05) is 13.1 Å². The Morgan fingerprint density at radius 2 is 2.07 bits per heavy atom. The topological polar surface area (TPSA) is 68.2 Å². The molecule has 9 heteroatoms. The first-order chi connectivity index (χ1) is 12.5. The van der Waals surface area contributed by atoms with E-state index >= 15 is 0 Å². The number of carbonyl (C=O) groups excluding carboxylic acids is 1. The van der Waals surface area contributed by atoms with Crippen molar-refractivity contribution < 1.29 is 18.3 Å². The SMILES string of the molecule is CC(NC(=O)c1ccn(C2CCCNC2)n1)c1ccc(OC(F)F)cc1.Cl. The van der Waals surface area contributed by atoms with Crippen molar-refractivity contribution in [3.8, 4) is 5.75 Å². The van der Waals surface area contributed by atoms with Crippen LogP contribution in [0.4, 0.5) is 8.78 Å². The maximum absolute atomic E-state index is 12.4. The van der Waals surface area contributed by atoms with E-state index in [4.69, 9.17) is 0 Å². The minimum Gasteiger partial charge on any atom is -0.435 e. The maximum Gasteiger partial charge on any atom is 0.387 e. The van der Waals surface area contributed by atoms with Gasteiger partial charge in [-0.05, 0) is 50.1 Å². The number of rotatable bonds is 6. The molecule has 3 rings (SSSR count). The van der Waals surface area contributed by atoms with Gasteiger partial charge < -0.3 is 15.4 Å². The van der Waals surface area contributed by atoms with Gasteiger partial charge in [0.25, 0.3) is 5.91 Å². The molecule has 1 fully saturated rings. The van der Waals surface area contributed by atoms with Gasteiger partial charge in [0, 0.05) is 12.7 Å². The number of halogens is 3. The number of nitrogens with one attached hydrogen (secondary N) is 2. The lowest BCUT2D eigenvalue weighted by molar-refractivity contribution is -0.0498. The summed E-state index contributed by atoms with van der Waals surface area (Å²) in [7, 11) is 0. The standard InChI is InChI=1S/C18H22F2N4O2.ClH/c1-12(13-4-6-15(7-5-13)26-18(19)20)22-17(25)16-8-10-24(23-16)14-3-2-9-21-11-14;/h4-8,10,12,14,18,21H,2-3,9,11H2,1H3,(H,22,25);1H. The van der Waals surface area contributed by atoms with Crippen LogP contribution in [0.1, 0.15) is 47.9 Å². The van der Waals surface area contributed by atoms with E-state index in [1.807, 2.05) is 17.8 Å². The largest absolute Gasteiger partial charge is 0.435 e. The predicted molar refractivity (Wildman–Crippen MR) is 99.6 cm³/mol. The van der Waals surface area contributed by atoms with Crippen molar-refractivity contribution in [3.05, 3.63) is 47.8 Å². The van der Waals surface area contributed by atoms with Crippen LogP contribution in [0.2, 0.25) is 0 Å². The van der Waals surface area contributed by atoms with Crippen LogP contribution in [0.5, 0.6) is 5.75 Å². The van der Waals surface area contributed by atoms with Crippen LogP contribution < -0.4 is 15.4 Å². The van der Waals surface area contributed by atoms with Crippen molar-refractivity contribution in [3.63, 3.8) is 0 Å². The zero-order valence-electron chi connectivity index (χ0n) is 14.9. The second-order valence-corrected chi connectivity index (χ2v) is 6.32. The van der Waals surface area contributed by atoms with Gasteiger partial charge in [0.1, 0.15) is 11.4 Å². The lowest BCUT2D eigenvalue weighted by Crippen LogP contribution is -2.32. The third-order valence-corrected chi connectivity index (χ3v) is 4.44. The Bertz CT molecular complexity index is 733. The van der Waals surface area contributed by atoms with Gasteiger partial charge in [0.05, 0.1) is 12.1 Å². The fourth-order valence-electron chi connectivity index (χ4n) is 3.01. The summed E-state index contributed by atoms with van der Waals surface area (Å²) in [6, 6.07) is 7.89. The number of hydrogen-bond acceptors (Lipinski definition) is 4. The number of nitrogens with zero attached hydrogens (tertiary/aromatic N) is 2. The van der Waals surface area contributed by atoms with Crippen LogP contribution in [-0.4, -0.2) is 35.4 Å². The van der Waals surface area contributed by atoms with E-state index in [1.54, 1.807) is 18.2 Å². The normalized spacial score (nSPS) is 17.9. The van der Waals surface area contributed by atoms with Crippen LogP contribution in [-0.2, 0) is 0 Å². The van der Waals surface area contributed by atoms with Crippen molar-refractivity contribution >= 4 is 18.3 Å². The average molecular weight is 401 g/mol. The van der Waals surface area contributed by atoms with Gasteiger partial charge >= 0.3 is 6.61 Å². The minimum absolute atomic E-state index is 0. The highest BCUT2D eigenvalue weighted by atomic mass is 35.5. The molecule has 2 heterocycles. The van der Waals surface area contributed by atoms with Crippen molar-refractivity contribution in [1.29, 1.82) is 0 Å². The van der Waals surface area contributed by atoms with Gasteiger partial charge in [-0.15, -0.1) is 12.4 Å². The van der Waals surface area contributed by atoms with Crippen LogP contribution in [0.25, 0.3) is 0 Å². The van der Waals surface area contributed by atoms with Crippen LogP contribution >= 0.6 is 12.4 Å². The molecule has 6 nitrogen and oxygen atoms in total. The average Bonchev–Trinajstić information content (AvgIpc) is 3.13. The highest BCUT2D eigenvalue weighted by Gasteiger charge is 2.19. The molecule has 1 saturated heterocycles. The lowest BCUT2D eigenvalue weighted by atomic mass is 10.1. The zero-order chi connectivity index (χ0) is 18.5. The fraction of sp³-hybridized carbons (Fsp3) is 0.444. The number of carbonyl (C=O) groups is 1. The van der Waals surface area contributed by atoms with E-state index in [1.165, 1.54) is 12.1 Å². The molecule has 27 heavy (non-hydrogen) atoms. The molecule has 0 spiro atoms. The van der Waals surface area contributed by atoms with Crippen molar-refractivity contribution in [2.24, 2.45) is 0 Å². The Morgan fingerprint density at radius 1 is 1.33 bits per heavy atom. The van der Waals surface area contributed by atoms with Gasteiger partial charge in [0.2, 0.25) is 0 Å². The first-order valence-electron chi connectivity index (χ1n) is 8.64. The van der Waals surface area contributed by atoms with E-state index in [0.29, 0.717) is 5.69 Å². The van der Waals surface area contributed by atoms with Gasteiger partial charge in [-0.1, -0.05) is 12.1 Å². The molecule has 0 saturated carbocycles. The smallest absolute Gasteiger partial charge is 0.387 e. The van der Waals surface area contributed by atoms with E-state index < -0.39 is 6.61 Å². The van der Waals surface area contributed by atoms with E-state index in [9.17, 15) is 13.6 Å². The first-order valence-corrected chi connectivity index (χ1v) is 8.64. The number of amides is 1. The molecular weight excluding hydrogens is 378 g/mol. The van der Waals surface area contributed by atoms with Gasteiger partial charge in [-0.3, -0.25) is 9.48 Å². The van der Waals surface area contributed by atoms with Crippen LogP contribution in [0, 0.1) is 0 Å². The number of benzene rings is 1. The fourth-order valence-corrected chi connectivity index (χ4v) is 3.01. The summed E-state index contributed by atoms with van der Waals surface area (Å²) < 4.78 is 30.5. The summed E-state index contributed by atoms with van der Waals surface area (Å²) in [5.41, 5.74) is 1.15. The minimum atomic E-state index is -2.85. The van der Waals surface area contributed by atoms with E-state index in [-0.39, 0.29) is 36.1 Å². The molecule has 2 unspecified atom stereocenters. The van der Waals surface area contributed by atoms with Crippen molar-refractivity contribution in [1.82, 2.24) is 20.4 Å². The summed E-state index contributed by atoms with van der Waals surface area (Å²) in [5, 5.41) is 10.6. The first kappa shape index (κ1) is 21.1. The van der Waals surface area contributed by atoms with Gasteiger partial charge in [-0.25, -0.2) is 0 Å². The zero-order valence-corrected chi connectivity index (χ0v) is 15.7. The second kappa shape index (κ2) is 9.66. The maximum atomic E-state index is 12.4. The Hall–Kier alpha value is -2.19. The van der Waals surface area contributed by atoms with Crippen LogP contribution in [0.15, 0.2) is 36.5 Å². The second-order valence-electron chi connectivity index (χ2n) is 6.32. The van der Waals surface area contributed by atoms with Crippen molar-refractivity contribution in [2.45, 2.75) is 38.5 Å². The summed E-state index contributed by atoms with van der Waals surface area (Å²) in [4.78, 5) is 12.4. The predicted octanol–water partition coefficient (Wildman–Crippen LogP) is 3.32. The summed E-state index contributed by atoms with van der Waals surface area (Å²) in [6.45, 7) is 0.839. The molecule has 1 amide bonds.